The van der Waals surface area contributed by atoms with E-state index in [1.807, 2.05) is 48.7 Å². The van der Waals surface area contributed by atoms with Crippen LogP contribution in [-0.4, -0.2) is 11.3 Å². The molecular formula is C37H27NO. The van der Waals surface area contributed by atoms with Crippen LogP contribution < -0.4 is 0 Å². The molecule has 0 saturated carbocycles. The van der Waals surface area contributed by atoms with Crippen molar-refractivity contribution in [1.29, 1.82) is 0 Å². The number of carbonyl (C=O) groups excluding carboxylic acids is 1. The third-order valence-corrected chi connectivity index (χ3v) is 7.37. The second-order valence-electron chi connectivity index (χ2n) is 9.50. The first-order valence-electron chi connectivity index (χ1n) is 13.1. The van der Waals surface area contributed by atoms with Gasteiger partial charge in [-0.25, -0.2) is 0 Å². The van der Waals surface area contributed by atoms with Crippen molar-refractivity contribution in [1.82, 2.24) is 4.98 Å². The quantitative estimate of drug-likeness (QED) is 0.162. The highest BCUT2D eigenvalue weighted by atomic mass is 16.1. The highest BCUT2D eigenvalue weighted by molar-refractivity contribution is 5.97. The van der Waals surface area contributed by atoms with Crippen LogP contribution in [0.2, 0.25) is 0 Å². The predicted molar refractivity (Wildman–Crippen MR) is 159 cm³/mol. The van der Waals surface area contributed by atoms with E-state index in [0.717, 1.165) is 50.9 Å². The van der Waals surface area contributed by atoms with Crippen molar-refractivity contribution in [3.63, 3.8) is 0 Å². The number of aldehydes is 1. The Bertz CT molecular complexity index is 1580. The molecule has 1 heterocycles. The summed E-state index contributed by atoms with van der Waals surface area (Å²) in [6.45, 7) is 0. The van der Waals surface area contributed by atoms with E-state index >= 15 is 0 Å². The number of benzene rings is 5. The Morgan fingerprint density at radius 2 is 0.974 bits per heavy atom. The molecule has 2 nitrogen and oxygen atoms in total. The van der Waals surface area contributed by atoms with Crippen molar-refractivity contribution in [3.05, 3.63) is 186 Å². The van der Waals surface area contributed by atoms with E-state index in [0.29, 0.717) is 5.56 Å². The van der Waals surface area contributed by atoms with Gasteiger partial charge in [0, 0.05) is 22.9 Å². The molecule has 0 aliphatic carbocycles. The van der Waals surface area contributed by atoms with E-state index in [4.69, 9.17) is 4.98 Å². The van der Waals surface area contributed by atoms with Crippen molar-refractivity contribution >= 4 is 6.29 Å². The minimum Gasteiger partial charge on any atom is -0.298 e. The van der Waals surface area contributed by atoms with E-state index < -0.39 is 5.41 Å². The van der Waals surface area contributed by atoms with E-state index in [-0.39, 0.29) is 0 Å². The molecule has 5 aromatic carbocycles. The Kier molecular flexibility index (Phi) is 6.67. The molecule has 0 bridgehead atoms. The fourth-order valence-electron chi connectivity index (χ4n) is 5.75. The summed E-state index contributed by atoms with van der Waals surface area (Å²) < 4.78 is 0. The molecule has 6 rings (SSSR count). The minimum atomic E-state index is -0.679. The van der Waals surface area contributed by atoms with Crippen molar-refractivity contribution < 1.29 is 4.79 Å². The van der Waals surface area contributed by atoms with Crippen molar-refractivity contribution in [3.8, 4) is 22.4 Å². The summed E-state index contributed by atoms with van der Waals surface area (Å²) in [4.78, 5) is 17.4. The van der Waals surface area contributed by atoms with E-state index in [1.165, 1.54) is 0 Å². The largest absolute Gasteiger partial charge is 0.298 e. The Morgan fingerprint density at radius 3 is 1.44 bits per heavy atom. The van der Waals surface area contributed by atoms with E-state index in [1.54, 1.807) is 0 Å². The normalized spacial score (nSPS) is 11.2. The molecule has 186 valence electrons. The van der Waals surface area contributed by atoms with Gasteiger partial charge >= 0.3 is 0 Å². The summed E-state index contributed by atoms with van der Waals surface area (Å²) in [5.41, 5.74) is 8.06. The fraction of sp³-hybridized carbons (Fsp3) is 0.0270. The summed E-state index contributed by atoms with van der Waals surface area (Å²) in [7, 11) is 0. The SMILES string of the molecule is O=Cc1ccc(C(c2ccccc2)(c2ccccc2)c2ccccc2)c(-c2ccccn2)c1-c1ccccc1. The zero-order valence-corrected chi connectivity index (χ0v) is 21.4. The minimum absolute atomic E-state index is 0.633. The first-order valence-corrected chi connectivity index (χ1v) is 13.1. The molecule has 0 aliphatic rings. The zero-order valence-electron chi connectivity index (χ0n) is 21.4. The molecule has 0 unspecified atom stereocenters. The Morgan fingerprint density at radius 1 is 0.487 bits per heavy atom. The molecule has 0 N–H and O–H groups in total. The topological polar surface area (TPSA) is 30.0 Å². The highest BCUT2D eigenvalue weighted by Gasteiger charge is 2.41. The maximum atomic E-state index is 12.5. The lowest BCUT2D eigenvalue weighted by molar-refractivity contribution is 0.112. The van der Waals surface area contributed by atoms with Crippen LogP contribution in [0.25, 0.3) is 22.4 Å². The van der Waals surface area contributed by atoms with Crippen molar-refractivity contribution in [2.75, 3.05) is 0 Å². The second-order valence-corrected chi connectivity index (χ2v) is 9.50. The average Bonchev–Trinajstić information content (AvgIpc) is 3.03. The van der Waals surface area contributed by atoms with Crippen LogP contribution in [-0.2, 0) is 5.41 Å². The molecule has 0 fully saturated rings. The number of pyridine rings is 1. The van der Waals surface area contributed by atoms with Gasteiger partial charge in [-0.1, -0.05) is 140 Å². The molecule has 0 saturated heterocycles. The van der Waals surface area contributed by atoms with Crippen molar-refractivity contribution in [2.24, 2.45) is 0 Å². The number of hydrogen-bond donors (Lipinski definition) is 0. The van der Waals surface area contributed by atoms with Crippen LogP contribution in [0.3, 0.4) is 0 Å². The Balaban J connectivity index is 1.85. The molecule has 0 aliphatic heterocycles. The average molecular weight is 502 g/mol. The highest BCUT2D eigenvalue weighted by Crippen LogP contribution is 2.50. The first kappa shape index (κ1) is 24.3. The number of aromatic nitrogens is 1. The van der Waals surface area contributed by atoms with E-state index in [2.05, 4.69) is 109 Å². The monoisotopic (exact) mass is 501 g/mol. The van der Waals surface area contributed by atoms with Crippen LogP contribution in [0.15, 0.2) is 158 Å². The van der Waals surface area contributed by atoms with Gasteiger partial charge in [0.05, 0.1) is 11.1 Å². The van der Waals surface area contributed by atoms with Crippen LogP contribution in [0.5, 0.6) is 0 Å². The molecule has 0 radical (unpaired) electrons. The predicted octanol–water partition coefficient (Wildman–Crippen LogP) is 8.61. The lowest BCUT2D eigenvalue weighted by Gasteiger charge is -2.39. The van der Waals surface area contributed by atoms with Gasteiger partial charge in [-0.3, -0.25) is 9.78 Å². The lowest BCUT2D eigenvalue weighted by atomic mass is 9.63. The smallest absolute Gasteiger partial charge is 0.150 e. The number of carbonyl (C=O) groups is 1. The third-order valence-electron chi connectivity index (χ3n) is 7.37. The summed E-state index contributed by atoms with van der Waals surface area (Å²) in [6, 6.07) is 52.0. The van der Waals surface area contributed by atoms with Crippen LogP contribution in [0.4, 0.5) is 0 Å². The Hall–Kier alpha value is -5.08. The van der Waals surface area contributed by atoms with Gasteiger partial charge in [0.25, 0.3) is 0 Å². The molecule has 39 heavy (non-hydrogen) atoms. The van der Waals surface area contributed by atoms with Crippen LogP contribution in [0, 0.1) is 0 Å². The summed E-state index contributed by atoms with van der Waals surface area (Å²) in [5, 5.41) is 0. The molecule has 0 atom stereocenters. The van der Waals surface area contributed by atoms with Gasteiger partial charge in [-0.15, -0.1) is 0 Å². The number of rotatable bonds is 7. The molecule has 1 aromatic heterocycles. The maximum absolute atomic E-state index is 12.5. The number of nitrogens with zero attached hydrogens (tertiary/aromatic N) is 1. The lowest BCUT2D eigenvalue weighted by Crippen LogP contribution is -2.32. The molecule has 0 amide bonds. The standard InChI is InChI=1S/C37H27NO/c39-27-29-24-25-33(36(34-23-13-14-26-38-34)35(29)28-15-5-1-6-16-28)37(30-17-7-2-8-18-30,31-19-9-3-10-20-31)32-21-11-4-12-22-32/h1-27H. The van der Waals surface area contributed by atoms with Crippen LogP contribution in [0.1, 0.15) is 32.6 Å². The second kappa shape index (κ2) is 10.7. The van der Waals surface area contributed by atoms with Gasteiger partial charge in [0.2, 0.25) is 0 Å². The van der Waals surface area contributed by atoms with E-state index in [9.17, 15) is 4.79 Å². The van der Waals surface area contributed by atoms with Crippen molar-refractivity contribution in [2.45, 2.75) is 5.41 Å². The fourth-order valence-corrected chi connectivity index (χ4v) is 5.75. The first-order chi connectivity index (χ1) is 19.3. The molecule has 0 spiro atoms. The Labute approximate surface area is 229 Å². The van der Waals surface area contributed by atoms with Gasteiger partial charge in [-0.05, 0) is 39.9 Å². The van der Waals surface area contributed by atoms with Gasteiger partial charge in [0.15, 0.2) is 6.29 Å². The third kappa shape index (κ3) is 4.26. The van der Waals surface area contributed by atoms with Crippen LogP contribution >= 0.6 is 0 Å². The number of hydrogen-bond acceptors (Lipinski definition) is 2. The van der Waals surface area contributed by atoms with Gasteiger partial charge < -0.3 is 0 Å². The van der Waals surface area contributed by atoms with Gasteiger partial charge in [-0.2, -0.15) is 0 Å². The zero-order chi connectivity index (χ0) is 26.5. The molecular weight excluding hydrogens is 474 g/mol. The summed E-state index contributed by atoms with van der Waals surface area (Å²) in [6.07, 6.45) is 2.77. The molecule has 6 aromatic rings. The molecule has 2 heteroatoms. The maximum Gasteiger partial charge on any atom is 0.150 e. The van der Waals surface area contributed by atoms with Gasteiger partial charge in [0.1, 0.15) is 0 Å². The summed E-state index contributed by atoms with van der Waals surface area (Å²) >= 11 is 0. The summed E-state index contributed by atoms with van der Waals surface area (Å²) in [5.74, 6) is 0.